The Morgan fingerprint density at radius 1 is 1.00 bits per heavy atom. The standard InChI is InChI=1S/C17H31N3O/c21-17(20-11-5-6-12-20)13-19-16-8-2-1-7-14(16)15-9-3-4-10-18-15/h14-16,18-19H,1-13H2. The predicted octanol–water partition coefficient (Wildman–Crippen LogP) is 1.90. The van der Waals surface area contributed by atoms with Crippen LogP contribution in [0.3, 0.4) is 0 Å². The van der Waals surface area contributed by atoms with E-state index >= 15 is 0 Å². The molecule has 2 saturated heterocycles. The summed E-state index contributed by atoms with van der Waals surface area (Å²) in [5, 5.41) is 7.34. The quantitative estimate of drug-likeness (QED) is 0.832. The minimum atomic E-state index is 0.313. The van der Waals surface area contributed by atoms with E-state index in [1.165, 1.54) is 64.3 Å². The summed E-state index contributed by atoms with van der Waals surface area (Å²) in [5.74, 6) is 1.04. The van der Waals surface area contributed by atoms with Gasteiger partial charge in [-0.15, -0.1) is 0 Å². The Hall–Kier alpha value is -0.610. The Kier molecular flexibility index (Phi) is 5.53. The van der Waals surface area contributed by atoms with E-state index in [9.17, 15) is 4.79 Å². The zero-order valence-corrected chi connectivity index (χ0v) is 13.3. The maximum Gasteiger partial charge on any atom is 0.236 e. The zero-order chi connectivity index (χ0) is 14.5. The molecule has 1 saturated carbocycles. The predicted molar refractivity (Wildman–Crippen MR) is 85.2 cm³/mol. The van der Waals surface area contributed by atoms with Gasteiger partial charge in [0.1, 0.15) is 0 Å². The van der Waals surface area contributed by atoms with E-state index in [4.69, 9.17) is 0 Å². The molecule has 120 valence electrons. The number of nitrogens with zero attached hydrogens (tertiary/aromatic N) is 1. The molecule has 0 aromatic rings. The first-order valence-corrected chi connectivity index (χ1v) is 9.09. The topological polar surface area (TPSA) is 44.4 Å². The van der Waals surface area contributed by atoms with Gasteiger partial charge in [-0.05, 0) is 51.0 Å². The average molecular weight is 293 g/mol. The number of piperidine rings is 1. The molecule has 0 radical (unpaired) electrons. The van der Waals surface area contributed by atoms with E-state index in [1.807, 2.05) is 4.90 Å². The van der Waals surface area contributed by atoms with Crippen LogP contribution in [0.1, 0.15) is 57.8 Å². The third kappa shape index (κ3) is 3.98. The molecule has 3 aliphatic rings. The fourth-order valence-corrected chi connectivity index (χ4v) is 4.44. The van der Waals surface area contributed by atoms with Gasteiger partial charge in [-0.25, -0.2) is 0 Å². The molecule has 0 aromatic carbocycles. The number of carbonyl (C=O) groups is 1. The molecule has 1 aliphatic carbocycles. The third-order valence-electron chi connectivity index (χ3n) is 5.66. The average Bonchev–Trinajstić information content (AvgIpc) is 3.08. The van der Waals surface area contributed by atoms with Crippen molar-refractivity contribution in [2.24, 2.45) is 5.92 Å². The second kappa shape index (κ2) is 7.59. The van der Waals surface area contributed by atoms with Crippen molar-refractivity contribution in [3.05, 3.63) is 0 Å². The van der Waals surface area contributed by atoms with Crippen LogP contribution in [0.5, 0.6) is 0 Å². The van der Waals surface area contributed by atoms with Crippen molar-refractivity contribution < 1.29 is 4.79 Å². The third-order valence-corrected chi connectivity index (χ3v) is 5.66. The molecule has 2 N–H and O–H groups in total. The normalized spacial score (nSPS) is 34.1. The van der Waals surface area contributed by atoms with Gasteiger partial charge in [0, 0.05) is 25.2 Å². The molecule has 3 unspecified atom stereocenters. The Morgan fingerprint density at radius 2 is 1.76 bits per heavy atom. The van der Waals surface area contributed by atoms with Crippen LogP contribution in [0, 0.1) is 5.92 Å². The molecule has 2 heterocycles. The molecule has 4 nitrogen and oxygen atoms in total. The number of amides is 1. The van der Waals surface area contributed by atoms with E-state index in [1.54, 1.807) is 0 Å². The highest BCUT2D eigenvalue weighted by Gasteiger charge is 2.32. The Morgan fingerprint density at radius 3 is 2.52 bits per heavy atom. The van der Waals surface area contributed by atoms with Crippen molar-refractivity contribution in [3.8, 4) is 0 Å². The Balaban J connectivity index is 1.50. The van der Waals surface area contributed by atoms with Gasteiger partial charge in [0.25, 0.3) is 0 Å². The van der Waals surface area contributed by atoms with Crippen LogP contribution >= 0.6 is 0 Å². The van der Waals surface area contributed by atoms with Crippen LogP contribution in [0.15, 0.2) is 0 Å². The highest BCUT2D eigenvalue weighted by Crippen LogP contribution is 2.30. The SMILES string of the molecule is O=C(CNC1CCCCC1C1CCCCN1)N1CCCC1. The maximum absolute atomic E-state index is 12.2. The van der Waals surface area contributed by atoms with Crippen LogP contribution in [0.4, 0.5) is 0 Å². The number of hydrogen-bond donors (Lipinski definition) is 2. The monoisotopic (exact) mass is 293 g/mol. The van der Waals surface area contributed by atoms with E-state index < -0.39 is 0 Å². The zero-order valence-electron chi connectivity index (χ0n) is 13.3. The number of carbonyl (C=O) groups excluding carboxylic acids is 1. The van der Waals surface area contributed by atoms with Crippen LogP contribution in [0.2, 0.25) is 0 Å². The summed E-state index contributed by atoms with van der Waals surface area (Å²) in [6.45, 7) is 3.67. The molecular weight excluding hydrogens is 262 g/mol. The van der Waals surface area contributed by atoms with Crippen molar-refractivity contribution in [1.82, 2.24) is 15.5 Å². The summed E-state index contributed by atoms with van der Waals surface area (Å²) in [6, 6.07) is 1.22. The van der Waals surface area contributed by atoms with Gasteiger partial charge >= 0.3 is 0 Å². The molecule has 0 aromatic heterocycles. The molecule has 1 amide bonds. The summed E-state index contributed by atoms with van der Waals surface area (Å²) in [5.41, 5.74) is 0. The van der Waals surface area contributed by atoms with E-state index in [0.29, 0.717) is 24.5 Å². The van der Waals surface area contributed by atoms with Gasteiger partial charge in [0.05, 0.1) is 6.54 Å². The highest BCUT2D eigenvalue weighted by atomic mass is 16.2. The summed E-state index contributed by atoms with van der Waals surface area (Å²) < 4.78 is 0. The molecule has 3 fully saturated rings. The van der Waals surface area contributed by atoms with Crippen LogP contribution in [-0.4, -0.2) is 49.1 Å². The number of likely N-dealkylation sites (tertiary alicyclic amines) is 1. The number of nitrogens with one attached hydrogen (secondary N) is 2. The lowest BCUT2D eigenvalue weighted by Gasteiger charge is -2.40. The van der Waals surface area contributed by atoms with Gasteiger partial charge in [-0.3, -0.25) is 4.79 Å². The summed E-state index contributed by atoms with van der Waals surface area (Å²) in [6.07, 6.45) is 11.6. The first-order valence-electron chi connectivity index (χ1n) is 9.09. The fourth-order valence-electron chi connectivity index (χ4n) is 4.44. The molecule has 21 heavy (non-hydrogen) atoms. The van der Waals surface area contributed by atoms with E-state index in [0.717, 1.165) is 19.0 Å². The van der Waals surface area contributed by atoms with Crippen LogP contribution in [0.25, 0.3) is 0 Å². The van der Waals surface area contributed by atoms with Gasteiger partial charge in [-0.1, -0.05) is 19.3 Å². The van der Waals surface area contributed by atoms with Gasteiger partial charge in [-0.2, -0.15) is 0 Å². The molecule has 4 heteroatoms. The lowest BCUT2D eigenvalue weighted by molar-refractivity contribution is -0.129. The second-order valence-electron chi connectivity index (χ2n) is 7.08. The highest BCUT2D eigenvalue weighted by molar-refractivity contribution is 5.78. The fraction of sp³-hybridized carbons (Fsp3) is 0.941. The minimum absolute atomic E-state index is 0.313. The van der Waals surface area contributed by atoms with Crippen molar-refractivity contribution in [2.45, 2.75) is 69.9 Å². The first-order chi connectivity index (χ1) is 10.3. The lowest BCUT2D eigenvalue weighted by Crippen LogP contribution is -2.52. The molecule has 0 bridgehead atoms. The number of rotatable bonds is 4. The van der Waals surface area contributed by atoms with Gasteiger partial charge in [0.2, 0.25) is 5.91 Å². The van der Waals surface area contributed by atoms with Crippen LogP contribution in [-0.2, 0) is 4.79 Å². The molecule has 0 spiro atoms. The summed E-state index contributed by atoms with van der Waals surface area (Å²) in [4.78, 5) is 14.3. The molecule has 2 aliphatic heterocycles. The smallest absolute Gasteiger partial charge is 0.236 e. The molecular formula is C17H31N3O. The van der Waals surface area contributed by atoms with Crippen molar-refractivity contribution in [3.63, 3.8) is 0 Å². The van der Waals surface area contributed by atoms with E-state index in [-0.39, 0.29) is 0 Å². The maximum atomic E-state index is 12.2. The van der Waals surface area contributed by atoms with Crippen LogP contribution < -0.4 is 10.6 Å². The molecule has 3 rings (SSSR count). The molecule has 3 atom stereocenters. The van der Waals surface area contributed by atoms with Crippen molar-refractivity contribution in [2.75, 3.05) is 26.2 Å². The van der Waals surface area contributed by atoms with Gasteiger partial charge < -0.3 is 15.5 Å². The first kappa shape index (κ1) is 15.3. The summed E-state index contributed by atoms with van der Waals surface area (Å²) >= 11 is 0. The lowest BCUT2D eigenvalue weighted by atomic mass is 9.77. The largest absolute Gasteiger partial charge is 0.342 e. The summed E-state index contributed by atoms with van der Waals surface area (Å²) in [7, 11) is 0. The Bertz CT molecular complexity index is 335. The van der Waals surface area contributed by atoms with Crippen molar-refractivity contribution in [1.29, 1.82) is 0 Å². The minimum Gasteiger partial charge on any atom is -0.342 e. The van der Waals surface area contributed by atoms with Crippen molar-refractivity contribution >= 4 is 5.91 Å². The second-order valence-corrected chi connectivity index (χ2v) is 7.08. The number of hydrogen-bond acceptors (Lipinski definition) is 3. The van der Waals surface area contributed by atoms with Gasteiger partial charge in [0.15, 0.2) is 0 Å². The van der Waals surface area contributed by atoms with E-state index in [2.05, 4.69) is 10.6 Å². The Labute approximate surface area is 129 Å².